The fraction of sp³-hybridized carbons (Fsp3) is 0.280. The molecule has 34 heavy (non-hydrogen) atoms. The molecule has 1 saturated heterocycles. The van der Waals surface area contributed by atoms with Gasteiger partial charge in [-0.25, -0.2) is 4.68 Å². The van der Waals surface area contributed by atoms with E-state index in [9.17, 15) is 10.1 Å². The van der Waals surface area contributed by atoms with Crippen molar-refractivity contribution in [3.05, 3.63) is 72.4 Å². The summed E-state index contributed by atoms with van der Waals surface area (Å²) in [5.41, 5.74) is 2.30. The Kier molecular flexibility index (Phi) is 6.12. The fourth-order valence-electron chi connectivity index (χ4n) is 4.14. The van der Waals surface area contributed by atoms with E-state index in [-0.39, 0.29) is 23.4 Å². The first kappa shape index (κ1) is 21.5. The minimum absolute atomic E-state index is 0.0597. The van der Waals surface area contributed by atoms with E-state index in [2.05, 4.69) is 21.5 Å². The number of aromatic nitrogens is 3. The van der Waals surface area contributed by atoms with Crippen LogP contribution in [0.4, 0.5) is 5.88 Å². The van der Waals surface area contributed by atoms with Crippen molar-refractivity contribution >= 4 is 11.8 Å². The molecular weight excluding hydrogens is 432 g/mol. The number of piperidine rings is 1. The maximum absolute atomic E-state index is 12.7. The number of furan rings is 1. The number of nitriles is 1. The Morgan fingerprint density at radius 3 is 2.74 bits per heavy atom. The lowest BCUT2D eigenvalue weighted by Crippen LogP contribution is -2.41. The summed E-state index contributed by atoms with van der Waals surface area (Å²) in [5, 5.41) is 16.9. The highest BCUT2D eigenvalue weighted by atomic mass is 16.4. The summed E-state index contributed by atoms with van der Waals surface area (Å²) < 4.78 is 13.0. The molecular formula is C25H24N6O3. The number of anilines is 1. The standard InChI is InChI=1S/C25H24N6O3/c26-15-21-25(34-24(29-21)22-7-4-14-33-22)30-12-9-19(10-13-30)23(32)27-11-8-18-16-28-31(17-18)20-5-2-1-3-6-20/h1-7,14,16-17,19H,8-13H2,(H,27,32). The van der Waals surface area contributed by atoms with Crippen molar-refractivity contribution in [1.29, 1.82) is 5.26 Å². The molecule has 0 saturated carbocycles. The predicted molar refractivity (Wildman–Crippen MR) is 124 cm³/mol. The van der Waals surface area contributed by atoms with Crippen LogP contribution in [0.2, 0.25) is 0 Å². The van der Waals surface area contributed by atoms with Crippen LogP contribution in [0.25, 0.3) is 17.3 Å². The first-order valence-corrected chi connectivity index (χ1v) is 11.3. The number of nitrogens with one attached hydrogen (secondary N) is 1. The van der Waals surface area contributed by atoms with E-state index in [0.717, 1.165) is 17.7 Å². The third kappa shape index (κ3) is 4.57. The summed E-state index contributed by atoms with van der Waals surface area (Å²) in [6.07, 6.45) is 7.43. The molecule has 0 aliphatic carbocycles. The van der Waals surface area contributed by atoms with Crippen LogP contribution in [0, 0.1) is 17.2 Å². The van der Waals surface area contributed by atoms with Crippen LogP contribution in [0.1, 0.15) is 24.1 Å². The SMILES string of the molecule is N#Cc1nc(-c2ccco2)oc1N1CCC(C(=O)NCCc2cnn(-c3ccccc3)c2)CC1. The van der Waals surface area contributed by atoms with Crippen LogP contribution in [0.15, 0.2) is 70.0 Å². The van der Waals surface area contributed by atoms with Crippen molar-refractivity contribution in [2.45, 2.75) is 19.3 Å². The van der Waals surface area contributed by atoms with Crippen molar-refractivity contribution in [2.24, 2.45) is 5.92 Å². The first-order chi connectivity index (χ1) is 16.7. The van der Waals surface area contributed by atoms with Gasteiger partial charge in [0.25, 0.3) is 5.89 Å². The highest BCUT2D eigenvalue weighted by Crippen LogP contribution is 2.31. The van der Waals surface area contributed by atoms with Crippen molar-refractivity contribution < 1.29 is 13.6 Å². The molecule has 4 aromatic rings. The van der Waals surface area contributed by atoms with Crippen LogP contribution in [-0.2, 0) is 11.2 Å². The molecule has 9 heteroatoms. The van der Waals surface area contributed by atoms with Gasteiger partial charge in [0, 0.05) is 31.7 Å². The molecule has 0 unspecified atom stereocenters. The quantitative estimate of drug-likeness (QED) is 0.452. The summed E-state index contributed by atoms with van der Waals surface area (Å²) in [4.78, 5) is 18.9. The lowest BCUT2D eigenvalue weighted by molar-refractivity contribution is -0.125. The summed E-state index contributed by atoms with van der Waals surface area (Å²) in [5.74, 6) is 1.19. The molecule has 1 aliphatic heterocycles. The maximum atomic E-state index is 12.7. The second-order valence-corrected chi connectivity index (χ2v) is 8.19. The summed E-state index contributed by atoms with van der Waals surface area (Å²) in [7, 11) is 0. The molecule has 0 spiro atoms. The van der Waals surface area contributed by atoms with Gasteiger partial charge < -0.3 is 19.1 Å². The molecule has 9 nitrogen and oxygen atoms in total. The second-order valence-electron chi connectivity index (χ2n) is 8.19. The fourth-order valence-corrected chi connectivity index (χ4v) is 4.14. The summed E-state index contributed by atoms with van der Waals surface area (Å²) in [6, 6.07) is 15.5. The number of amides is 1. The molecule has 4 heterocycles. The average molecular weight is 457 g/mol. The number of carbonyl (C=O) groups is 1. The van der Waals surface area contributed by atoms with Crippen molar-refractivity contribution in [3.8, 4) is 23.4 Å². The van der Waals surface area contributed by atoms with E-state index in [4.69, 9.17) is 8.83 Å². The van der Waals surface area contributed by atoms with Gasteiger partial charge in [0.15, 0.2) is 5.76 Å². The molecule has 0 bridgehead atoms. The Morgan fingerprint density at radius 2 is 2.00 bits per heavy atom. The lowest BCUT2D eigenvalue weighted by Gasteiger charge is -2.30. The summed E-state index contributed by atoms with van der Waals surface area (Å²) >= 11 is 0. The van der Waals surface area contributed by atoms with Crippen molar-refractivity contribution in [3.63, 3.8) is 0 Å². The Morgan fingerprint density at radius 1 is 1.18 bits per heavy atom. The van der Waals surface area contributed by atoms with Crippen LogP contribution in [0.3, 0.4) is 0 Å². The number of rotatable bonds is 7. The number of benzene rings is 1. The Balaban J connectivity index is 1.11. The molecule has 1 aliphatic rings. The Labute approximate surface area is 196 Å². The van der Waals surface area contributed by atoms with Gasteiger partial charge in [-0.1, -0.05) is 18.2 Å². The van der Waals surface area contributed by atoms with E-state index >= 15 is 0 Å². The van der Waals surface area contributed by atoms with Crippen LogP contribution in [-0.4, -0.2) is 40.3 Å². The molecule has 1 amide bonds. The number of hydrogen-bond acceptors (Lipinski definition) is 7. The lowest BCUT2D eigenvalue weighted by atomic mass is 9.96. The zero-order valence-corrected chi connectivity index (χ0v) is 18.6. The number of para-hydroxylation sites is 1. The number of carbonyl (C=O) groups excluding carboxylic acids is 1. The van der Waals surface area contributed by atoms with Gasteiger partial charge in [0.05, 0.1) is 18.1 Å². The topological polar surface area (TPSA) is 113 Å². The van der Waals surface area contributed by atoms with Crippen LogP contribution >= 0.6 is 0 Å². The smallest absolute Gasteiger partial charge is 0.266 e. The normalized spacial score (nSPS) is 14.1. The number of oxazole rings is 1. The van der Waals surface area contributed by atoms with E-state index in [1.54, 1.807) is 12.1 Å². The predicted octanol–water partition coefficient (Wildman–Crippen LogP) is 3.57. The zero-order valence-electron chi connectivity index (χ0n) is 18.6. The van der Waals surface area contributed by atoms with E-state index < -0.39 is 0 Å². The van der Waals surface area contributed by atoms with Gasteiger partial charge in [0.2, 0.25) is 17.5 Å². The van der Waals surface area contributed by atoms with E-state index in [1.165, 1.54) is 6.26 Å². The van der Waals surface area contributed by atoms with E-state index in [1.807, 2.05) is 52.3 Å². The highest BCUT2D eigenvalue weighted by Gasteiger charge is 2.29. The molecule has 1 N–H and O–H groups in total. The first-order valence-electron chi connectivity index (χ1n) is 11.3. The zero-order chi connectivity index (χ0) is 23.3. The molecule has 0 radical (unpaired) electrons. The van der Waals surface area contributed by atoms with Gasteiger partial charge in [-0.3, -0.25) is 4.79 Å². The monoisotopic (exact) mass is 456 g/mol. The Hall–Kier alpha value is -4.32. The minimum atomic E-state index is -0.0682. The average Bonchev–Trinajstić information content (AvgIpc) is 3.65. The molecule has 172 valence electrons. The number of nitrogens with zero attached hydrogens (tertiary/aromatic N) is 5. The Bertz CT molecular complexity index is 1280. The van der Waals surface area contributed by atoms with Gasteiger partial charge in [-0.05, 0) is 49.1 Å². The molecule has 1 fully saturated rings. The minimum Gasteiger partial charge on any atom is -0.459 e. The molecule has 0 atom stereocenters. The molecule has 1 aromatic carbocycles. The van der Waals surface area contributed by atoms with Crippen LogP contribution < -0.4 is 10.2 Å². The summed E-state index contributed by atoms with van der Waals surface area (Å²) in [6.45, 7) is 1.79. The third-order valence-corrected chi connectivity index (χ3v) is 5.97. The third-order valence-electron chi connectivity index (χ3n) is 5.97. The van der Waals surface area contributed by atoms with E-state index in [0.29, 0.717) is 44.1 Å². The van der Waals surface area contributed by atoms with Crippen molar-refractivity contribution in [2.75, 3.05) is 24.5 Å². The molecule has 5 rings (SSSR count). The van der Waals surface area contributed by atoms with Crippen molar-refractivity contribution in [1.82, 2.24) is 20.1 Å². The van der Waals surface area contributed by atoms with Gasteiger partial charge in [0.1, 0.15) is 6.07 Å². The molecule has 3 aromatic heterocycles. The van der Waals surface area contributed by atoms with Gasteiger partial charge in [-0.2, -0.15) is 15.3 Å². The number of hydrogen-bond donors (Lipinski definition) is 1. The second kappa shape index (κ2) is 9.67. The van der Waals surface area contributed by atoms with Gasteiger partial charge in [-0.15, -0.1) is 0 Å². The largest absolute Gasteiger partial charge is 0.459 e. The highest BCUT2D eigenvalue weighted by molar-refractivity contribution is 5.79. The van der Waals surface area contributed by atoms with Crippen LogP contribution in [0.5, 0.6) is 0 Å². The van der Waals surface area contributed by atoms with Gasteiger partial charge >= 0.3 is 0 Å². The maximum Gasteiger partial charge on any atom is 0.266 e.